The van der Waals surface area contributed by atoms with E-state index in [1.54, 1.807) is 16.7 Å². The second-order valence-electron chi connectivity index (χ2n) is 8.16. The van der Waals surface area contributed by atoms with Gasteiger partial charge in [-0.15, -0.1) is 11.8 Å². The SMILES string of the molecule is C/C=C\C1=C(C(=O)O[Si](C)(C)C)N2C(=O)C(N[Si](C)(C)C)C2SC1. The van der Waals surface area contributed by atoms with Gasteiger partial charge in [0.05, 0.1) is 0 Å². The Bertz CT molecular complexity index is 605. The highest BCUT2D eigenvalue weighted by Gasteiger charge is 2.54. The van der Waals surface area contributed by atoms with Crippen LogP contribution in [-0.4, -0.2) is 50.5 Å². The van der Waals surface area contributed by atoms with E-state index in [0.29, 0.717) is 5.70 Å². The molecule has 1 N–H and O–H groups in total. The highest BCUT2D eigenvalue weighted by molar-refractivity contribution is 8.00. The predicted octanol–water partition coefficient (Wildman–Crippen LogP) is 2.90. The first-order valence-corrected chi connectivity index (χ1v) is 16.2. The molecule has 1 saturated heterocycles. The van der Waals surface area contributed by atoms with Gasteiger partial charge in [0, 0.05) is 5.75 Å². The Morgan fingerprint density at radius 2 is 1.92 bits per heavy atom. The molecule has 1 amide bonds. The van der Waals surface area contributed by atoms with Gasteiger partial charge >= 0.3 is 5.97 Å². The molecule has 2 aliphatic heterocycles. The van der Waals surface area contributed by atoms with Crippen molar-refractivity contribution in [3.05, 3.63) is 23.4 Å². The zero-order valence-electron chi connectivity index (χ0n) is 15.6. The van der Waals surface area contributed by atoms with Crippen LogP contribution >= 0.6 is 11.8 Å². The summed E-state index contributed by atoms with van der Waals surface area (Å²) >= 11 is 1.71. The number of fused-ring (bicyclic) bond motifs is 1. The second-order valence-corrected chi connectivity index (χ2v) is 18.5. The summed E-state index contributed by atoms with van der Waals surface area (Å²) in [6, 6.07) is -0.191. The molecule has 5 nitrogen and oxygen atoms in total. The minimum Gasteiger partial charge on any atom is -0.515 e. The van der Waals surface area contributed by atoms with Gasteiger partial charge in [0.2, 0.25) is 14.2 Å². The van der Waals surface area contributed by atoms with Gasteiger partial charge in [-0.25, -0.2) is 4.79 Å². The molecule has 2 aliphatic rings. The zero-order valence-corrected chi connectivity index (χ0v) is 18.4. The van der Waals surface area contributed by atoms with Gasteiger partial charge in [0.25, 0.3) is 0 Å². The number of carbonyl (C=O) groups excluding carboxylic acids is 2. The van der Waals surface area contributed by atoms with Crippen molar-refractivity contribution in [1.29, 1.82) is 0 Å². The maximum Gasteiger partial charge on any atom is 0.342 e. The van der Waals surface area contributed by atoms with Crippen LogP contribution in [0.2, 0.25) is 39.3 Å². The summed E-state index contributed by atoms with van der Waals surface area (Å²) < 4.78 is 5.68. The largest absolute Gasteiger partial charge is 0.515 e. The Labute approximate surface area is 151 Å². The molecule has 0 aromatic carbocycles. The Morgan fingerprint density at radius 1 is 1.29 bits per heavy atom. The molecule has 2 heterocycles. The fraction of sp³-hybridized carbons (Fsp3) is 0.625. The number of nitrogens with zero attached hydrogens (tertiary/aromatic N) is 1. The minimum absolute atomic E-state index is 0.0117. The lowest BCUT2D eigenvalue weighted by Crippen LogP contribution is -2.73. The van der Waals surface area contributed by atoms with Crippen molar-refractivity contribution in [1.82, 2.24) is 9.88 Å². The first-order valence-electron chi connectivity index (χ1n) is 8.26. The van der Waals surface area contributed by atoms with Crippen LogP contribution in [0, 0.1) is 0 Å². The lowest BCUT2D eigenvalue weighted by molar-refractivity contribution is -0.147. The van der Waals surface area contributed by atoms with Crippen LogP contribution in [0.1, 0.15) is 6.92 Å². The Balaban J connectivity index is 2.31. The summed E-state index contributed by atoms with van der Waals surface area (Å²) in [5, 5.41) is -0.0117. The van der Waals surface area contributed by atoms with E-state index in [2.05, 4.69) is 24.6 Å². The molecule has 1 fully saturated rings. The highest BCUT2D eigenvalue weighted by Crippen LogP contribution is 2.41. The van der Waals surface area contributed by atoms with Crippen molar-refractivity contribution in [2.45, 2.75) is 57.6 Å². The van der Waals surface area contributed by atoms with Crippen molar-refractivity contribution >= 4 is 40.2 Å². The molecule has 0 spiro atoms. The third-order valence-electron chi connectivity index (χ3n) is 3.55. The van der Waals surface area contributed by atoms with Crippen molar-refractivity contribution < 1.29 is 14.0 Å². The fourth-order valence-electron chi connectivity index (χ4n) is 2.75. The van der Waals surface area contributed by atoms with Crippen LogP contribution in [-0.2, 0) is 14.0 Å². The van der Waals surface area contributed by atoms with Gasteiger partial charge in [-0.05, 0) is 32.1 Å². The molecule has 2 rings (SSSR count). The summed E-state index contributed by atoms with van der Waals surface area (Å²) in [7, 11) is -3.60. The fourth-order valence-corrected chi connectivity index (χ4v) is 6.06. The molecule has 2 unspecified atom stereocenters. The van der Waals surface area contributed by atoms with Crippen molar-refractivity contribution in [3.63, 3.8) is 0 Å². The van der Waals surface area contributed by atoms with Crippen LogP contribution in [0.15, 0.2) is 23.4 Å². The van der Waals surface area contributed by atoms with E-state index in [1.807, 2.05) is 38.7 Å². The summed E-state index contributed by atoms with van der Waals surface area (Å²) in [6.45, 7) is 14.4. The Morgan fingerprint density at radius 3 is 2.42 bits per heavy atom. The first-order chi connectivity index (χ1) is 10.9. The Kier molecular flexibility index (Phi) is 5.53. The van der Waals surface area contributed by atoms with Crippen molar-refractivity contribution in [2.24, 2.45) is 0 Å². The quantitative estimate of drug-likeness (QED) is 0.583. The molecule has 2 atom stereocenters. The maximum atomic E-state index is 12.7. The zero-order chi connectivity index (χ0) is 18.3. The Hall–Kier alpha value is -0.836. The number of rotatable bonds is 5. The van der Waals surface area contributed by atoms with Gasteiger partial charge in [-0.2, -0.15) is 0 Å². The van der Waals surface area contributed by atoms with Gasteiger partial charge in [-0.3, -0.25) is 9.69 Å². The van der Waals surface area contributed by atoms with Gasteiger partial charge in [0.1, 0.15) is 25.3 Å². The van der Waals surface area contributed by atoms with E-state index in [4.69, 9.17) is 4.43 Å². The minimum atomic E-state index is -2.02. The van der Waals surface area contributed by atoms with E-state index >= 15 is 0 Å². The van der Waals surface area contributed by atoms with Gasteiger partial charge in [-0.1, -0.05) is 31.8 Å². The molecular weight excluding hydrogens is 356 g/mol. The number of amides is 1. The van der Waals surface area contributed by atoms with E-state index in [1.165, 1.54) is 0 Å². The first kappa shape index (κ1) is 19.5. The number of hydrogen-bond acceptors (Lipinski definition) is 5. The molecular formula is C16H28N2O3SSi2. The van der Waals surface area contributed by atoms with E-state index in [-0.39, 0.29) is 23.3 Å². The van der Waals surface area contributed by atoms with Crippen LogP contribution in [0.3, 0.4) is 0 Å². The number of nitrogens with one attached hydrogen (secondary N) is 1. The number of allylic oxidation sites excluding steroid dienone is 2. The summed E-state index contributed by atoms with van der Waals surface area (Å²) in [6.07, 6.45) is 3.82. The average molecular weight is 385 g/mol. The van der Waals surface area contributed by atoms with Crippen LogP contribution in [0.4, 0.5) is 0 Å². The van der Waals surface area contributed by atoms with Crippen LogP contribution in [0.25, 0.3) is 0 Å². The van der Waals surface area contributed by atoms with E-state index in [9.17, 15) is 9.59 Å². The van der Waals surface area contributed by atoms with E-state index in [0.717, 1.165) is 11.3 Å². The van der Waals surface area contributed by atoms with E-state index < -0.39 is 16.6 Å². The third-order valence-corrected chi connectivity index (χ3v) is 6.82. The molecule has 0 aromatic heterocycles. The van der Waals surface area contributed by atoms with Gasteiger partial charge < -0.3 is 9.41 Å². The summed E-state index contributed by atoms with van der Waals surface area (Å²) in [5.41, 5.74) is 1.32. The van der Waals surface area contributed by atoms with Crippen LogP contribution < -0.4 is 4.98 Å². The number of thioether (sulfide) groups is 1. The monoisotopic (exact) mass is 384 g/mol. The third kappa shape index (κ3) is 4.22. The molecule has 8 heteroatoms. The average Bonchev–Trinajstić information content (AvgIpc) is 2.41. The van der Waals surface area contributed by atoms with Crippen molar-refractivity contribution in [3.8, 4) is 0 Å². The summed E-state index contributed by atoms with van der Waals surface area (Å²) in [4.78, 5) is 30.6. The molecule has 134 valence electrons. The van der Waals surface area contributed by atoms with Gasteiger partial charge in [0.15, 0.2) is 0 Å². The molecule has 0 saturated carbocycles. The normalized spacial score (nSPS) is 25.0. The highest BCUT2D eigenvalue weighted by atomic mass is 32.2. The molecule has 0 aliphatic carbocycles. The topological polar surface area (TPSA) is 58.6 Å². The summed E-state index contributed by atoms with van der Waals surface area (Å²) in [5.74, 6) is 0.352. The standard InChI is InChI=1S/C16H28N2O3SSi2/c1-8-9-11-10-22-15-12(17-23(2,3)4)14(19)18(15)13(11)16(20)21-24(5,6)7/h8-9,12,15,17H,10H2,1-7H3/b9-8-. The van der Waals surface area contributed by atoms with Crippen molar-refractivity contribution in [2.75, 3.05) is 5.75 Å². The predicted molar refractivity (Wildman–Crippen MR) is 105 cm³/mol. The smallest absolute Gasteiger partial charge is 0.342 e. The molecule has 0 bridgehead atoms. The maximum absolute atomic E-state index is 12.7. The second kappa shape index (κ2) is 6.82. The van der Waals surface area contributed by atoms with Crippen LogP contribution in [0.5, 0.6) is 0 Å². The number of carbonyl (C=O) groups is 2. The number of β-lactam (4-membered cyclic amide) rings is 1. The lowest BCUT2D eigenvalue weighted by atomic mass is 10.0. The molecule has 24 heavy (non-hydrogen) atoms. The molecule has 0 aromatic rings. The molecule has 0 radical (unpaired) electrons. The number of hydrogen-bond donors (Lipinski definition) is 1. The lowest BCUT2D eigenvalue weighted by Gasteiger charge is -2.51.